The predicted molar refractivity (Wildman–Crippen MR) is 46.7 cm³/mol. The zero-order chi connectivity index (χ0) is 9.47. The van der Waals surface area contributed by atoms with Crippen molar-refractivity contribution < 1.29 is 12.9 Å². The summed E-state index contributed by atoms with van der Waals surface area (Å²) in [6.07, 6.45) is 3.06. The molecule has 0 bridgehead atoms. The largest absolute Gasteiger partial charge is 0.481 e. The van der Waals surface area contributed by atoms with Gasteiger partial charge in [0.2, 0.25) is 0 Å². The summed E-state index contributed by atoms with van der Waals surface area (Å²) in [4.78, 5) is 2.22. The third-order valence-corrected chi connectivity index (χ3v) is 3.17. The topological polar surface area (TPSA) is 3.24 Å². The number of rotatable bonds is 2. The van der Waals surface area contributed by atoms with Crippen LogP contribution in [0.4, 0.5) is 12.9 Å². The maximum atomic E-state index is 12.3. The van der Waals surface area contributed by atoms with Gasteiger partial charge in [0.1, 0.15) is 0 Å². The lowest BCUT2D eigenvalue weighted by Crippen LogP contribution is -2.39. The molecule has 76 valence electrons. The molecule has 2 fully saturated rings. The van der Waals surface area contributed by atoms with E-state index in [1.165, 1.54) is 12.8 Å². The molecule has 0 aromatic heterocycles. The van der Waals surface area contributed by atoms with E-state index in [0.717, 1.165) is 0 Å². The van der Waals surface area contributed by atoms with Crippen LogP contribution in [0.2, 0.25) is 5.82 Å². The van der Waals surface area contributed by atoms with Crippen LogP contribution in [-0.2, 0) is 0 Å². The van der Waals surface area contributed by atoms with E-state index in [4.69, 9.17) is 0 Å². The van der Waals surface area contributed by atoms with Crippen LogP contribution in [0.15, 0.2) is 0 Å². The molecular formula is C8H14BF3N-. The van der Waals surface area contributed by atoms with Crippen molar-refractivity contribution in [3.8, 4) is 0 Å². The van der Waals surface area contributed by atoms with Gasteiger partial charge in [-0.2, -0.15) is 0 Å². The Hall–Kier alpha value is -0.185. The van der Waals surface area contributed by atoms with E-state index in [0.29, 0.717) is 32.0 Å². The van der Waals surface area contributed by atoms with Gasteiger partial charge in [0.25, 0.3) is 0 Å². The third-order valence-electron chi connectivity index (χ3n) is 3.17. The van der Waals surface area contributed by atoms with Gasteiger partial charge in [-0.3, -0.25) is 0 Å². The fraction of sp³-hybridized carbons (Fsp3) is 1.00. The van der Waals surface area contributed by atoms with E-state index >= 15 is 0 Å². The van der Waals surface area contributed by atoms with E-state index in [2.05, 4.69) is 4.90 Å². The van der Waals surface area contributed by atoms with Gasteiger partial charge in [0, 0.05) is 6.04 Å². The number of hydrogen-bond acceptors (Lipinski definition) is 1. The maximum absolute atomic E-state index is 12.3. The molecule has 0 unspecified atom stereocenters. The summed E-state index contributed by atoms with van der Waals surface area (Å²) in [5, 5.41) is 0. The Morgan fingerprint density at radius 2 is 1.46 bits per heavy atom. The van der Waals surface area contributed by atoms with Crippen LogP contribution in [0.5, 0.6) is 0 Å². The molecule has 2 rings (SSSR count). The Labute approximate surface area is 76.3 Å². The Bertz CT molecular complexity index is 182. The minimum absolute atomic E-state index is 0.333. The molecule has 0 aromatic rings. The molecule has 1 aliphatic carbocycles. The molecule has 2 aliphatic rings. The average molecular weight is 192 g/mol. The van der Waals surface area contributed by atoms with Crippen molar-refractivity contribution in [1.29, 1.82) is 0 Å². The number of piperidine rings is 1. The molecule has 0 aromatic carbocycles. The summed E-state index contributed by atoms with van der Waals surface area (Å²) in [5.74, 6) is -0.977. The van der Waals surface area contributed by atoms with Crippen LogP contribution >= 0.6 is 0 Å². The Morgan fingerprint density at radius 1 is 0.923 bits per heavy atom. The highest BCUT2D eigenvalue weighted by atomic mass is 19.4. The van der Waals surface area contributed by atoms with Crippen molar-refractivity contribution in [2.45, 2.75) is 37.5 Å². The lowest BCUT2D eigenvalue weighted by atomic mass is 9.67. The van der Waals surface area contributed by atoms with E-state index in [1.54, 1.807) is 0 Å². The zero-order valence-corrected chi connectivity index (χ0v) is 7.56. The fourth-order valence-corrected chi connectivity index (χ4v) is 2.10. The van der Waals surface area contributed by atoms with E-state index < -0.39 is 12.8 Å². The van der Waals surface area contributed by atoms with Crippen LogP contribution < -0.4 is 0 Å². The van der Waals surface area contributed by atoms with Gasteiger partial charge < -0.3 is 17.8 Å². The van der Waals surface area contributed by atoms with Crippen molar-refractivity contribution in [3.63, 3.8) is 0 Å². The first kappa shape index (κ1) is 9.37. The van der Waals surface area contributed by atoms with Crippen LogP contribution in [0.3, 0.4) is 0 Å². The summed E-state index contributed by atoms with van der Waals surface area (Å²) in [7, 11) is 0. The van der Waals surface area contributed by atoms with Crippen molar-refractivity contribution in [1.82, 2.24) is 4.90 Å². The molecule has 0 N–H and O–H groups in total. The van der Waals surface area contributed by atoms with Gasteiger partial charge in [0.05, 0.1) is 0 Å². The molecule has 1 heterocycles. The van der Waals surface area contributed by atoms with Crippen LogP contribution in [0.25, 0.3) is 0 Å². The van der Waals surface area contributed by atoms with Crippen LogP contribution in [-0.4, -0.2) is 31.0 Å². The minimum Gasteiger partial charge on any atom is -0.449 e. The van der Waals surface area contributed by atoms with Crippen molar-refractivity contribution in [3.05, 3.63) is 0 Å². The quantitative estimate of drug-likeness (QED) is 0.607. The molecule has 1 saturated heterocycles. The third kappa shape index (κ3) is 2.19. The van der Waals surface area contributed by atoms with Gasteiger partial charge in [0.15, 0.2) is 0 Å². The zero-order valence-electron chi connectivity index (χ0n) is 7.56. The van der Waals surface area contributed by atoms with E-state index in [-0.39, 0.29) is 0 Å². The second-order valence-electron chi connectivity index (χ2n) is 4.23. The van der Waals surface area contributed by atoms with Crippen molar-refractivity contribution in [2.75, 3.05) is 13.1 Å². The predicted octanol–water partition coefficient (Wildman–Crippen LogP) is 2.46. The van der Waals surface area contributed by atoms with E-state index in [1.807, 2.05) is 0 Å². The number of halogens is 3. The van der Waals surface area contributed by atoms with E-state index in [9.17, 15) is 12.9 Å². The van der Waals surface area contributed by atoms with Crippen LogP contribution in [0, 0.1) is 0 Å². The van der Waals surface area contributed by atoms with Gasteiger partial charge >= 0.3 is 6.98 Å². The molecule has 13 heavy (non-hydrogen) atoms. The lowest BCUT2D eigenvalue weighted by molar-refractivity contribution is 0.204. The molecular weight excluding hydrogens is 178 g/mol. The highest BCUT2D eigenvalue weighted by Crippen LogP contribution is 2.38. The molecule has 1 nitrogen and oxygen atoms in total. The summed E-state index contributed by atoms with van der Waals surface area (Å²) >= 11 is 0. The molecule has 0 spiro atoms. The summed E-state index contributed by atoms with van der Waals surface area (Å²) in [6.45, 7) is -3.25. The highest BCUT2D eigenvalue weighted by molar-refractivity contribution is 6.60. The van der Waals surface area contributed by atoms with Crippen molar-refractivity contribution >= 4 is 6.98 Å². The van der Waals surface area contributed by atoms with Gasteiger partial charge in [-0.1, -0.05) is 18.7 Å². The second kappa shape index (κ2) is 3.19. The first-order valence-corrected chi connectivity index (χ1v) is 5.01. The molecule has 1 saturated carbocycles. The molecule has 5 heteroatoms. The second-order valence-corrected chi connectivity index (χ2v) is 4.23. The Kier molecular flexibility index (Phi) is 2.30. The molecule has 0 amide bonds. The van der Waals surface area contributed by atoms with Crippen molar-refractivity contribution in [2.24, 2.45) is 0 Å². The summed E-state index contributed by atoms with van der Waals surface area (Å²) < 4.78 is 37.0. The molecule has 0 atom stereocenters. The normalized spacial score (nSPS) is 27.9. The van der Waals surface area contributed by atoms with Gasteiger partial charge in [-0.25, -0.2) is 0 Å². The first-order valence-electron chi connectivity index (χ1n) is 5.01. The molecule has 0 radical (unpaired) electrons. The average Bonchev–Trinajstić information content (AvgIpc) is 2.85. The molecule has 1 aliphatic heterocycles. The monoisotopic (exact) mass is 192 g/mol. The highest BCUT2D eigenvalue weighted by Gasteiger charge is 2.39. The summed E-state index contributed by atoms with van der Waals surface area (Å²) in [5.41, 5.74) is 0. The lowest BCUT2D eigenvalue weighted by Gasteiger charge is -2.36. The first-order chi connectivity index (χ1) is 6.07. The van der Waals surface area contributed by atoms with Gasteiger partial charge in [-0.05, 0) is 25.9 Å². The Balaban J connectivity index is 1.81. The maximum Gasteiger partial charge on any atom is 0.481 e. The number of nitrogens with zero attached hydrogens (tertiary/aromatic N) is 1. The SMILES string of the molecule is F[B-](F)(F)C1CCN(C2CC2)CC1. The smallest absolute Gasteiger partial charge is 0.449 e. The standard InChI is InChI=1S/C8H14BF3N/c10-9(11,12)7-3-5-13(6-4-7)8-1-2-8/h7-8H,1-6H2/q-1. The minimum atomic E-state index is -4.58. The number of likely N-dealkylation sites (tertiary alicyclic amines) is 1. The number of hydrogen-bond donors (Lipinski definition) is 0. The summed E-state index contributed by atoms with van der Waals surface area (Å²) in [6, 6.07) is 0.627. The van der Waals surface area contributed by atoms with Crippen LogP contribution in [0.1, 0.15) is 25.7 Å². The Morgan fingerprint density at radius 3 is 1.85 bits per heavy atom. The fourth-order valence-electron chi connectivity index (χ4n) is 2.10. The van der Waals surface area contributed by atoms with Gasteiger partial charge in [-0.15, -0.1) is 0 Å².